The van der Waals surface area contributed by atoms with Crippen LogP contribution in [-0.2, 0) is 28.2 Å². The number of methoxy groups -OCH3 is 1. The highest BCUT2D eigenvalue weighted by atomic mass is 32.1. The third-order valence-corrected chi connectivity index (χ3v) is 7.00. The Morgan fingerprint density at radius 1 is 1.32 bits per heavy atom. The Morgan fingerprint density at radius 3 is 3.00 bits per heavy atom. The van der Waals surface area contributed by atoms with Crippen LogP contribution in [0.3, 0.4) is 0 Å². The number of fused-ring (bicyclic) bond motifs is 2. The average Bonchev–Trinajstić information content (AvgIpc) is 3.48. The van der Waals surface area contributed by atoms with Crippen LogP contribution in [0.5, 0.6) is 5.75 Å². The summed E-state index contributed by atoms with van der Waals surface area (Å²) < 4.78 is 11.4. The highest BCUT2D eigenvalue weighted by Crippen LogP contribution is 2.47. The maximum atomic E-state index is 13.0. The summed E-state index contributed by atoms with van der Waals surface area (Å²) in [6, 6.07) is 15.9. The van der Waals surface area contributed by atoms with Crippen molar-refractivity contribution in [3.05, 3.63) is 75.7 Å². The second kappa shape index (κ2) is 8.07. The van der Waals surface area contributed by atoms with Crippen molar-refractivity contribution in [2.24, 2.45) is 0 Å². The molecule has 1 amide bonds. The third-order valence-electron chi connectivity index (χ3n) is 6.18. The number of carbonyl (C=O) groups is 1. The summed E-state index contributed by atoms with van der Waals surface area (Å²) in [7, 11) is 1.61. The molecule has 0 bridgehead atoms. The summed E-state index contributed by atoms with van der Waals surface area (Å²) in [4.78, 5) is 20.1. The van der Waals surface area contributed by atoms with Crippen molar-refractivity contribution in [3.63, 3.8) is 0 Å². The lowest BCUT2D eigenvalue weighted by molar-refractivity contribution is -0.124. The number of thiazole rings is 1. The van der Waals surface area contributed by atoms with Gasteiger partial charge in [-0.15, -0.1) is 11.3 Å². The molecular weight excluding hydrogens is 410 g/mol. The van der Waals surface area contributed by atoms with Gasteiger partial charge < -0.3 is 14.8 Å². The molecule has 2 aliphatic rings. The van der Waals surface area contributed by atoms with E-state index >= 15 is 0 Å². The van der Waals surface area contributed by atoms with Crippen molar-refractivity contribution in [1.29, 1.82) is 0 Å². The van der Waals surface area contributed by atoms with Crippen LogP contribution >= 0.6 is 11.3 Å². The van der Waals surface area contributed by atoms with Gasteiger partial charge in [0.2, 0.25) is 0 Å². The SMILES string of the molecule is COc1cccc(NC(=O)C2CC3(CO2)c2ccccc2CN3Cc2csc(C)n2)c1. The lowest BCUT2D eigenvalue weighted by Crippen LogP contribution is -2.42. The Bertz CT molecular complexity index is 1110. The lowest BCUT2D eigenvalue weighted by atomic mass is 9.87. The van der Waals surface area contributed by atoms with Gasteiger partial charge >= 0.3 is 0 Å². The number of nitrogens with zero attached hydrogens (tertiary/aromatic N) is 2. The molecule has 31 heavy (non-hydrogen) atoms. The van der Waals surface area contributed by atoms with E-state index in [1.165, 1.54) is 11.1 Å². The zero-order valence-corrected chi connectivity index (χ0v) is 18.4. The normalized spacial score (nSPS) is 22.6. The first-order valence-electron chi connectivity index (χ1n) is 10.4. The molecular formula is C24H25N3O3S. The molecule has 160 valence electrons. The van der Waals surface area contributed by atoms with E-state index in [-0.39, 0.29) is 11.4 Å². The van der Waals surface area contributed by atoms with Crippen LogP contribution < -0.4 is 10.1 Å². The number of hydrogen-bond donors (Lipinski definition) is 1. The van der Waals surface area contributed by atoms with Crippen LogP contribution in [0.15, 0.2) is 53.9 Å². The molecule has 7 heteroatoms. The fourth-order valence-corrected chi connectivity index (χ4v) is 5.29. The first-order valence-corrected chi connectivity index (χ1v) is 11.3. The van der Waals surface area contributed by atoms with Gasteiger partial charge in [0, 0.05) is 36.6 Å². The molecule has 1 N–H and O–H groups in total. The fourth-order valence-electron chi connectivity index (χ4n) is 4.69. The molecule has 0 saturated carbocycles. The minimum Gasteiger partial charge on any atom is -0.497 e. The van der Waals surface area contributed by atoms with Crippen molar-refractivity contribution in [2.45, 2.75) is 38.1 Å². The van der Waals surface area contributed by atoms with Crippen molar-refractivity contribution < 1.29 is 14.3 Å². The molecule has 1 aromatic heterocycles. The van der Waals surface area contributed by atoms with Crippen LogP contribution in [0.1, 0.15) is 28.2 Å². The third kappa shape index (κ3) is 3.73. The Hall–Kier alpha value is -2.74. The number of aryl methyl sites for hydroxylation is 1. The van der Waals surface area contributed by atoms with E-state index in [9.17, 15) is 4.79 Å². The summed E-state index contributed by atoms with van der Waals surface area (Å²) in [6.07, 6.45) is 0.0974. The van der Waals surface area contributed by atoms with Crippen molar-refractivity contribution in [3.8, 4) is 5.75 Å². The van der Waals surface area contributed by atoms with Crippen molar-refractivity contribution in [1.82, 2.24) is 9.88 Å². The minimum absolute atomic E-state index is 0.126. The molecule has 3 aromatic rings. The molecule has 5 rings (SSSR count). The number of rotatable bonds is 5. The van der Waals surface area contributed by atoms with Gasteiger partial charge in [0.05, 0.1) is 30.0 Å². The van der Waals surface area contributed by atoms with E-state index in [0.29, 0.717) is 24.5 Å². The zero-order valence-electron chi connectivity index (χ0n) is 17.6. The molecule has 0 aliphatic carbocycles. The molecule has 6 nitrogen and oxygen atoms in total. The monoisotopic (exact) mass is 435 g/mol. The highest BCUT2D eigenvalue weighted by molar-refractivity contribution is 7.09. The number of carbonyl (C=O) groups excluding carboxylic acids is 1. The Morgan fingerprint density at radius 2 is 2.19 bits per heavy atom. The quantitative estimate of drug-likeness (QED) is 0.654. The summed E-state index contributed by atoms with van der Waals surface area (Å²) in [5.41, 5.74) is 4.02. The van der Waals surface area contributed by atoms with Crippen LogP contribution in [0.4, 0.5) is 5.69 Å². The molecule has 3 heterocycles. The molecule has 2 aliphatic heterocycles. The number of ether oxygens (including phenoxy) is 2. The zero-order chi connectivity index (χ0) is 21.4. The van der Waals surface area contributed by atoms with E-state index in [1.807, 2.05) is 31.2 Å². The highest BCUT2D eigenvalue weighted by Gasteiger charge is 2.52. The van der Waals surface area contributed by atoms with E-state index in [0.717, 1.165) is 23.8 Å². The number of aromatic nitrogens is 1. The molecule has 2 aromatic carbocycles. The summed E-state index contributed by atoms with van der Waals surface area (Å²) in [5, 5.41) is 6.17. The lowest BCUT2D eigenvalue weighted by Gasteiger charge is -2.34. The predicted octanol–water partition coefficient (Wildman–Crippen LogP) is 4.10. The largest absolute Gasteiger partial charge is 0.497 e. The predicted molar refractivity (Wildman–Crippen MR) is 120 cm³/mol. The number of benzene rings is 2. The van der Waals surface area contributed by atoms with Crippen molar-refractivity contribution in [2.75, 3.05) is 19.0 Å². The van der Waals surface area contributed by atoms with Gasteiger partial charge in [0.15, 0.2) is 0 Å². The second-order valence-corrected chi connectivity index (χ2v) is 9.19. The second-order valence-electron chi connectivity index (χ2n) is 8.13. The van der Waals surface area contributed by atoms with Crippen LogP contribution in [-0.4, -0.2) is 35.6 Å². The molecule has 0 radical (unpaired) electrons. The van der Waals surface area contributed by atoms with Crippen molar-refractivity contribution >= 4 is 22.9 Å². The minimum atomic E-state index is -0.517. The van der Waals surface area contributed by atoms with Gasteiger partial charge in [-0.05, 0) is 30.2 Å². The van der Waals surface area contributed by atoms with Crippen LogP contribution in [0, 0.1) is 6.92 Å². The van der Waals surface area contributed by atoms with Crippen LogP contribution in [0.2, 0.25) is 0 Å². The maximum absolute atomic E-state index is 13.0. The summed E-state index contributed by atoms with van der Waals surface area (Å²) >= 11 is 1.67. The Balaban J connectivity index is 1.38. The summed E-state index contributed by atoms with van der Waals surface area (Å²) in [6.45, 7) is 4.09. The van der Waals surface area contributed by atoms with E-state index in [4.69, 9.17) is 9.47 Å². The van der Waals surface area contributed by atoms with Gasteiger partial charge in [-0.3, -0.25) is 9.69 Å². The first kappa shape index (κ1) is 20.2. The maximum Gasteiger partial charge on any atom is 0.253 e. The molecule has 1 saturated heterocycles. The fraction of sp³-hybridized carbons (Fsp3) is 0.333. The Kier molecular flexibility index (Phi) is 5.25. The number of amides is 1. The Labute approximate surface area is 185 Å². The van der Waals surface area contributed by atoms with E-state index in [1.54, 1.807) is 18.4 Å². The van der Waals surface area contributed by atoms with Gasteiger partial charge in [-0.25, -0.2) is 4.98 Å². The molecule has 1 spiro atoms. The topological polar surface area (TPSA) is 63.7 Å². The smallest absolute Gasteiger partial charge is 0.253 e. The molecule has 2 unspecified atom stereocenters. The number of hydrogen-bond acceptors (Lipinski definition) is 6. The standard InChI is InChI=1S/C24H25N3O3S/c1-16-25-19(14-31-16)13-27-12-17-6-3-4-9-21(17)24(27)11-22(30-15-24)23(28)26-18-7-5-8-20(10-18)29-2/h3-10,14,22H,11-13,15H2,1-2H3,(H,26,28). The van der Waals surface area contributed by atoms with Gasteiger partial charge in [-0.2, -0.15) is 0 Å². The van der Waals surface area contributed by atoms with Gasteiger partial charge in [0.1, 0.15) is 11.9 Å². The summed E-state index contributed by atoms with van der Waals surface area (Å²) in [5.74, 6) is 0.579. The van der Waals surface area contributed by atoms with Gasteiger partial charge in [-0.1, -0.05) is 30.3 Å². The average molecular weight is 436 g/mol. The number of nitrogens with one attached hydrogen (secondary N) is 1. The van der Waals surface area contributed by atoms with E-state index in [2.05, 4.69) is 44.8 Å². The van der Waals surface area contributed by atoms with Crippen LogP contribution in [0.25, 0.3) is 0 Å². The molecule has 1 fully saturated rings. The number of anilines is 1. The first-order chi connectivity index (χ1) is 15.1. The van der Waals surface area contributed by atoms with Gasteiger partial charge in [0.25, 0.3) is 5.91 Å². The van der Waals surface area contributed by atoms with E-state index < -0.39 is 6.10 Å². The molecule has 2 atom stereocenters.